The summed E-state index contributed by atoms with van der Waals surface area (Å²) in [6.45, 7) is 4.77. The number of aromatic nitrogens is 1. The smallest absolute Gasteiger partial charge is 0.271 e. The van der Waals surface area contributed by atoms with E-state index >= 15 is 0 Å². The Bertz CT molecular complexity index is 399. The van der Waals surface area contributed by atoms with E-state index in [0.29, 0.717) is 13.2 Å². The van der Waals surface area contributed by atoms with Crippen LogP contribution in [0.2, 0.25) is 10.2 Å². The summed E-state index contributed by atoms with van der Waals surface area (Å²) in [5.74, 6) is -0.357. The highest BCUT2D eigenvalue weighted by molar-refractivity contribution is 6.34. The Labute approximate surface area is 110 Å². The minimum absolute atomic E-state index is 0.0538. The topological polar surface area (TPSA) is 51.2 Å². The zero-order chi connectivity index (χ0) is 12.8. The maximum absolute atomic E-state index is 11.8. The predicted molar refractivity (Wildman–Crippen MR) is 67.7 cm³/mol. The average molecular weight is 277 g/mol. The number of pyridine rings is 1. The molecule has 0 aliphatic carbocycles. The zero-order valence-electron chi connectivity index (χ0n) is 9.67. The fourth-order valence-corrected chi connectivity index (χ4v) is 1.58. The van der Waals surface area contributed by atoms with Gasteiger partial charge in [0, 0.05) is 13.2 Å². The van der Waals surface area contributed by atoms with E-state index in [1.807, 2.05) is 13.8 Å². The Morgan fingerprint density at radius 1 is 1.53 bits per heavy atom. The molecular weight excluding hydrogens is 263 g/mol. The molecule has 0 aromatic carbocycles. The third-order valence-corrected chi connectivity index (χ3v) is 2.54. The average Bonchev–Trinajstić information content (AvgIpc) is 2.29. The van der Waals surface area contributed by atoms with Crippen molar-refractivity contribution in [2.75, 3.05) is 13.2 Å². The lowest BCUT2D eigenvalue weighted by Crippen LogP contribution is -2.32. The summed E-state index contributed by atoms with van der Waals surface area (Å²) in [4.78, 5) is 15.6. The molecule has 0 aliphatic rings. The second kappa shape index (κ2) is 6.79. The van der Waals surface area contributed by atoms with Crippen LogP contribution in [0, 0.1) is 0 Å². The quantitative estimate of drug-likeness (QED) is 0.841. The van der Waals surface area contributed by atoms with E-state index in [4.69, 9.17) is 27.9 Å². The normalized spacial score (nSPS) is 12.2. The standard InChI is InChI=1S/C11H14Cl2N2O2/c1-3-17-7(2)6-14-11(16)10-8(12)4-5-9(13)15-10/h4-5,7H,3,6H2,1-2H3,(H,14,16). The first-order valence-corrected chi connectivity index (χ1v) is 6.02. The molecular formula is C11H14Cl2N2O2. The van der Waals surface area contributed by atoms with E-state index in [1.54, 1.807) is 0 Å². The van der Waals surface area contributed by atoms with Gasteiger partial charge >= 0.3 is 0 Å². The lowest BCUT2D eigenvalue weighted by atomic mass is 10.3. The monoisotopic (exact) mass is 276 g/mol. The highest BCUT2D eigenvalue weighted by Crippen LogP contribution is 2.16. The van der Waals surface area contributed by atoms with Gasteiger partial charge in [0.1, 0.15) is 10.8 Å². The van der Waals surface area contributed by atoms with Crippen molar-refractivity contribution >= 4 is 29.1 Å². The molecule has 1 N–H and O–H groups in total. The van der Waals surface area contributed by atoms with Gasteiger partial charge in [0.15, 0.2) is 0 Å². The molecule has 1 aromatic heterocycles. The van der Waals surface area contributed by atoms with Crippen LogP contribution < -0.4 is 5.32 Å². The van der Waals surface area contributed by atoms with Crippen molar-refractivity contribution in [3.8, 4) is 0 Å². The summed E-state index contributed by atoms with van der Waals surface area (Å²) in [7, 11) is 0. The number of ether oxygens (including phenoxy) is 1. The minimum Gasteiger partial charge on any atom is -0.377 e. The first kappa shape index (κ1) is 14.2. The number of nitrogens with zero attached hydrogens (tertiary/aromatic N) is 1. The molecule has 0 radical (unpaired) electrons. The summed E-state index contributed by atoms with van der Waals surface area (Å²) in [6.07, 6.45) is -0.0538. The van der Waals surface area contributed by atoms with Crippen molar-refractivity contribution in [3.05, 3.63) is 28.0 Å². The van der Waals surface area contributed by atoms with Crippen molar-refractivity contribution in [3.63, 3.8) is 0 Å². The minimum atomic E-state index is -0.357. The van der Waals surface area contributed by atoms with Crippen molar-refractivity contribution in [1.82, 2.24) is 10.3 Å². The molecule has 17 heavy (non-hydrogen) atoms. The fraction of sp³-hybridized carbons (Fsp3) is 0.455. The SMILES string of the molecule is CCOC(C)CNC(=O)c1nc(Cl)ccc1Cl. The molecule has 0 bridgehead atoms. The van der Waals surface area contributed by atoms with Crippen LogP contribution in [-0.4, -0.2) is 30.1 Å². The third kappa shape index (κ3) is 4.50. The van der Waals surface area contributed by atoms with Gasteiger partial charge in [0.2, 0.25) is 0 Å². The van der Waals surface area contributed by atoms with Gasteiger partial charge in [-0.2, -0.15) is 0 Å². The predicted octanol–water partition coefficient (Wildman–Crippen LogP) is 2.54. The highest BCUT2D eigenvalue weighted by atomic mass is 35.5. The number of hydrogen-bond donors (Lipinski definition) is 1. The summed E-state index contributed by atoms with van der Waals surface area (Å²) >= 11 is 11.6. The van der Waals surface area contributed by atoms with Crippen LogP contribution in [0.5, 0.6) is 0 Å². The van der Waals surface area contributed by atoms with Crippen LogP contribution in [0.1, 0.15) is 24.3 Å². The zero-order valence-corrected chi connectivity index (χ0v) is 11.2. The Balaban J connectivity index is 2.61. The van der Waals surface area contributed by atoms with E-state index in [0.717, 1.165) is 0 Å². The van der Waals surface area contributed by atoms with Gasteiger partial charge < -0.3 is 10.1 Å². The van der Waals surface area contributed by atoms with Crippen LogP contribution in [0.25, 0.3) is 0 Å². The van der Waals surface area contributed by atoms with E-state index in [9.17, 15) is 4.79 Å². The lowest BCUT2D eigenvalue weighted by molar-refractivity contribution is 0.0693. The van der Waals surface area contributed by atoms with E-state index in [-0.39, 0.29) is 27.9 Å². The van der Waals surface area contributed by atoms with Gasteiger partial charge in [-0.05, 0) is 26.0 Å². The van der Waals surface area contributed by atoms with E-state index in [1.165, 1.54) is 12.1 Å². The number of hydrogen-bond acceptors (Lipinski definition) is 3. The summed E-state index contributed by atoms with van der Waals surface area (Å²) in [5.41, 5.74) is 0.128. The van der Waals surface area contributed by atoms with E-state index in [2.05, 4.69) is 10.3 Å². The molecule has 4 nitrogen and oxygen atoms in total. The van der Waals surface area contributed by atoms with Crippen LogP contribution in [0.4, 0.5) is 0 Å². The van der Waals surface area contributed by atoms with Crippen LogP contribution in [0.15, 0.2) is 12.1 Å². The molecule has 1 amide bonds. The highest BCUT2D eigenvalue weighted by Gasteiger charge is 2.13. The molecule has 0 aliphatic heterocycles. The maximum atomic E-state index is 11.8. The van der Waals surface area contributed by atoms with Crippen molar-refractivity contribution in [2.45, 2.75) is 20.0 Å². The molecule has 1 unspecified atom stereocenters. The number of rotatable bonds is 5. The summed E-state index contributed by atoms with van der Waals surface area (Å²) < 4.78 is 5.29. The first-order valence-electron chi connectivity index (χ1n) is 5.26. The van der Waals surface area contributed by atoms with Gasteiger partial charge in [-0.15, -0.1) is 0 Å². The van der Waals surface area contributed by atoms with Crippen LogP contribution in [-0.2, 0) is 4.74 Å². The molecule has 0 saturated heterocycles. The number of amides is 1. The Morgan fingerprint density at radius 3 is 2.88 bits per heavy atom. The number of carbonyl (C=O) groups is 1. The maximum Gasteiger partial charge on any atom is 0.271 e. The molecule has 0 spiro atoms. The number of halogens is 2. The van der Waals surface area contributed by atoms with Gasteiger partial charge in [0.05, 0.1) is 11.1 Å². The number of nitrogens with one attached hydrogen (secondary N) is 1. The fourth-order valence-electron chi connectivity index (χ4n) is 1.24. The Kier molecular flexibility index (Phi) is 5.68. The molecule has 0 fully saturated rings. The molecule has 1 aromatic rings. The van der Waals surface area contributed by atoms with Gasteiger partial charge in [0.25, 0.3) is 5.91 Å². The summed E-state index contributed by atoms with van der Waals surface area (Å²) in [6, 6.07) is 3.07. The molecule has 94 valence electrons. The third-order valence-electron chi connectivity index (χ3n) is 2.03. The van der Waals surface area contributed by atoms with Gasteiger partial charge in [-0.1, -0.05) is 23.2 Å². The molecule has 1 atom stereocenters. The van der Waals surface area contributed by atoms with Crippen LogP contribution in [0.3, 0.4) is 0 Å². The van der Waals surface area contributed by atoms with Crippen LogP contribution >= 0.6 is 23.2 Å². The van der Waals surface area contributed by atoms with Crippen molar-refractivity contribution < 1.29 is 9.53 Å². The Morgan fingerprint density at radius 2 is 2.24 bits per heavy atom. The number of carbonyl (C=O) groups excluding carboxylic acids is 1. The molecule has 1 rings (SSSR count). The molecule has 0 saturated carbocycles. The van der Waals surface area contributed by atoms with E-state index < -0.39 is 0 Å². The largest absolute Gasteiger partial charge is 0.377 e. The Hall–Kier alpha value is -0.840. The molecule has 6 heteroatoms. The second-order valence-electron chi connectivity index (χ2n) is 3.44. The first-order chi connectivity index (χ1) is 8.04. The van der Waals surface area contributed by atoms with Gasteiger partial charge in [-0.3, -0.25) is 4.79 Å². The van der Waals surface area contributed by atoms with Gasteiger partial charge in [-0.25, -0.2) is 4.98 Å². The van der Waals surface area contributed by atoms with Crippen molar-refractivity contribution in [1.29, 1.82) is 0 Å². The lowest BCUT2D eigenvalue weighted by Gasteiger charge is -2.12. The van der Waals surface area contributed by atoms with Crippen molar-refractivity contribution in [2.24, 2.45) is 0 Å². The summed E-state index contributed by atoms with van der Waals surface area (Å²) in [5, 5.41) is 3.19. The molecule has 1 heterocycles. The second-order valence-corrected chi connectivity index (χ2v) is 4.23.